The number of halogens is 1. The number of hydrogen-bond acceptors (Lipinski definition) is 4. The van der Waals surface area contributed by atoms with Crippen molar-refractivity contribution in [2.45, 2.75) is 38.4 Å². The summed E-state index contributed by atoms with van der Waals surface area (Å²) in [4.78, 5) is 3.67. The van der Waals surface area contributed by atoms with Crippen molar-refractivity contribution in [3.05, 3.63) is 21.3 Å². The van der Waals surface area contributed by atoms with Crippen molar-refractivity contribution in [1.29, 1.82) is 0 Å². The molecule has 5 heteroatoms. The van der Waals surface area contributed by atoms with Gasteiger partial charge in [0.1, 0.15) is 0 Å². The summed E-state index contributed by atoms with van der Waals surface area (Å²) in [6, 6.07) is 4.96. The van der Waals surface area contributed by atoms with Crippen LogP contribution in [0.4, 0.5) is 0 Å². The minimum atomic E-state index is 0.0978. The van der Waals surface area contributed by atoms with E-state index in [1.807, 2.05) is 17.8 Å². The van der Waals surface area contributed by atoms with Crippen LogP contribution in [0.25, 0.3) is 0 Å². The molecule has 104 valence electrons. The maximum absolute atomic E-state index is 6.18. The van der Waals surface area contributed by atoms with Crippen molar-refractivity contribution in [2.24, 2.45) is 5.73 Å². The van der Waals surface area contributed by atoms with E-state index in [0.717, 1.165) is 16.5 Å². The number of nitrogens with zero attached hydrogens (tertiary/aromatic N) is 1. The average Bonchev–Trinajstić information content (AvgIpc) is 2.72. The van der Waals surface area contributed by atoms with Crippen LogP contribution in [0, 0.1) is 0 Å². The number of thioether (sulfide) groups is 1. The highest BCUT2D eigenvalue weighted by Gasteiger charge is 2.27. The molecule has 2 nitrogen and oxygen atoms in total. The first kappa shape index (κ1) is 16.3. The van der Waals surface area contributed by atoms with Gasteiger partial charge in [-0.05, 0) is 38.8 Å². The van der Waals surface area contributed by atoms with Crippen LogP contribution in [0.3, 0.4) is 0 Å². The summed E-state index contributed by atoms with van der Waals surface area (Å²) in [7, 11) is 2.17. The van der Waals surface area contributed by atoms with E-state index in [1.165, 1.54) is 4.88 Å². The Morgan fingerprint density at radius 3 is 2.56 bits per heavy atom. The first-order chi connectivity index (χ1) is 8.51. The molecule has 0 saturated carbocycles. The molecule has 0 aliphatic rings. The van der Waals surface area contributed by atoms with Gasteiger partial charge in [-0.1, -0.05) is 18.5 Å². The molecule has 2 N–H and O–H groups in total. The van der Waals surface area contributed by atoms with E-state index in [2.05, 4.69) is 38.1 Å². The molecule has 0 aliphatic carbocycles. The molecule has 1 rings (SSSR count). The molecular formula is C13H23ClN2S2. The van der Waals surface area contributed by atoms with Crippen LogP contribution in [0.1, 0.15) is 31.2 Å². The fraction of sp³-hybridized carbons (Fsp3) is 0.692. The minimum Gasteiger partial charge on any atom is -0.326 e. The summed E-state index contributed by atoms with van der Waals surface area (Å²) in [6.45, 7) is 4.30. The second kappa shape index (κ2) is 7.75. The van der Waals surface area contributed by atoms with Gasteiger partial charge in [-0.2, -0.15) is 11.8 Å². The lowest BCUT2D eigenvalue weighted by Crippen LogP contribution is -2.43. The van der Waals surface area contributed by atoms with E-state index in [0.29, 0.717) is 6.04 Å². The number of thiophene rings is 1. The molecule has 0 bridgehead atoms. The first-order valence-corrected chi connectivity index (χ1v) is 8.81. The highest BCUT2D eigenvalue weighted by atomic mass is 35.5. The van der Waals surface area contributed by atoms with Crippen LogP contribution in [-0.2, 0) is 0 Å². The SMILES string of the molecule is CCC(CSC)N(C)C(c1ccc(Cl)s1)C(C)N. The second-order valence-electron chi connectivity index (χ2n) is 4.63. The maximum atomic E-state index is 6.18. The van der Waals surface area contributed by atoms with E-state index < -0.39 is 0 Å². The van der Waals surface area contributed by atoms with Crippen LogP contribution >= 0.6 is 34.7 Å². The maximum Gasteiger partial charge on any atom is 0.0931 e. The molecule has 0 aliphatic heterocycles. The number of rotatable bonds is 7. The number of likely N-dealkylation sites (N-methyl/N-ethyl adjacent to an activating group) is 1. The fourth-order valence-electron chi connectivity index (χ4n) is 2.26. The quantitative estimate of drug-likeness (QED) is 0.829. The molecule has 1 aromatic rings. The van der Waals surface area contributed by atoms with Crippen molar-refractivity contribution in [3.63, 3.8) is 0 Å². The normalized spacial score (nSPS) is 16.8. The Morgan fingerprint density at radius 2 is 2.17 bits per heavy atom. The summed E-state index contributed by atoms with van der Waals surface area (Å²) >= 11 is 9.57. The summed E-state index contributed by atoms with van der Waals surface area (Å²) < 4.78 is 0.835. The van der Waals surface area contributed by atoms with Gasteiger partial charge >= 0.3 is 0 Å². The van der Waals surface area contributed by atoms with Gasteiger partial charge in [0, 0.05) is 22.7 Å². The topological polar surface area (TPSA) is 29.3 Å². The molecule has 0 aromatic carbocycles. The Balaban J connectivity index is 2.90. The Labute approximate surface area is 124 Å². The smallest absolute Gasteiger partial charge is 0.0931 e. The van der Waals surface area contributed by atoms with Crippen molar-refractivity contribution in [1.82, 2.24) is 4.90 Å². The second-order valence-corrected chi connectivity index (χ2v) is 7.29. The standard InChI is InChI=1S/C13H23ClN2S2/c1-5-10(8-17-4)16(3)13(9(2)15)11-6-7-12(14)18-11/h6-7,9-10,13H,5,8,15H2,1-4H3. The van der Waals surface area contributed by atoms with Crippen molar-refractivity contribution in [2.75, 3.05) is 19.1 Å². The van der Waals surface area contributed by atoms with Gasteiger partial charge in [0.2, 0.25) is 0 Å². The van der Waals surface area contributed by atoms with E-state index >= 15 is 0 Å². The third-order valence-corrected chi connectivity index (χ3v) is 5.25. The van der Waals surface area contributed by atoms with Gasteiger partial charge in [-0.3, -0.25) is 4.90 Å². The van der Waals surface area contributed by atoms with Crippen LogP contribution in [-0.4, -0.2) is 36.0 Å². The van der Waals surface area contributed by atoms with E-state index in [9.17, 15) is 0 Å². The number of hydrogen-bond donors (Lipinski definition) is 1. The third kappa shape index (κ3) is 4.14. The van der Waals surface area contributed by atoms with Crippen LogP contribution < -0.4 is 5.73 Å². The molecular weight excluding hydrogens is 284 g/mol. The fourth-order valence-corrected chi connectivity index (χ4v) is 4.45. The summed E-state index contributed by atoms with van der Waals surface area (Å²) in [5, 5.41) is 0. The highest BCUT2D eigenvalue weighted by Crippen LogP contribution is 2.33. The zero-order valence-corrected chi connectivity index (χ0v) is 13.9. The summed E-state index contributed by atoms with van der Waals surface area (Å²) in [5.74, 6) is 1.13. The van der Waals surface area contributed by atoms with Gasteiger partial charge in [0.25, 0.3) is 0 Å². The summed E-state index contributed by atoms with van der Waals surface area (Å²) in [5.41, 5.74) is 6.18. The third-order valence-electron chi connectivity index (χ3n) is 3.23. The molecule has 0 amide bonds. The largest absolute Gasteiger partial charge is 0.326 e. The molecule has 3 atom stereocenters. The van der Waals surface area contributed by atoms with Gasteiger partial charge in [-0.15, -0.1) is 11.3 Å². The van der Waals surface area contributed by atoms with E-state index in [4.69, 9.17) is 17.3 Å². The zero-order chi connectivity index (χ0) is 13.7. The lowest BCUT2D eigenvalue weighted by molar-refractivity contribution is 0.167. The Morgan fingerprint density at radius 1 is 1.50 bits per heavy atom. The van der Waals surface area contributed by atoms with Gasteiger partial charge in [-0.25, -0.2) is 0 Å². The molecule has 3 unspecified atom stereocenters. The molecule has 1 aromatic heterocycles. The molecule has 0 spiro atoms. The van der Waals surface area contributed by atoms with Crippen LogP contribution in [0.15, 0.2) is 12.1 Å². The summed E-state index contributed by atoms with van der Waals surface area (Å²) in [6.07, 6.45) is 3.29. The van der Waals surface area contributed by atoms with Crippen molar-refractivity contribution in [3.8, 4) is 0 Å². The molecule has 0 radical (unpaired) electrons. The Hall–Kier alpha value is 0.260. The van der Waals surface area contributed by atoms with E-state index in [-0.39, 0.29) is 12.1 Å². The molecule has 18 heavy (non-hydrogen) atoms. The van der Waals surface area contributed by atoms with E-state index in [1.54, 1.807) is 11.3 Å². The lowest BCUT2D eigenvalue weighted by Gasteiger charge is -2.36. The van der Waals surface area contributed by atoms with Gasteiger partial charge in [0.05, 0.1) is 10.4 Å². The Bertz CT molecular complexity index is 355. The number of nitrogens with two attached hydrogens (primary N) is 1. The first-order valence-electron chi connectivity index (χ1n) is 6.22. The Kier molecular flexibility index (Phi) is 7.03. The predicted octanol–water partition coefficient (Wildman–Crippen LogP) is 3.86. The average molecular weight is 307 g/mol. The molecule has 0 fully saturated rings. The van der Waals surface area contributed by atoms with Gasteiger partial charge in [0.15, 0.2) is 0 Å². The molecule has 0 saturated heterocycles. The lowest BCUT2D eigenvalue weighted by atomic mass is 10.0. The predicted molar refractivity (Wildman–Crippen MR) is 85.9 cm³/mol. The van der Waals surface area contributed by atoms with Crippen molar-refractivity contribution < 1.29 is 0 Å². The van der Waals surface area contributed by atoms with Gasteiger partial charge < -0.3 is 5.73 Å². The van der Waals surface area contributed by atoms with Crippen LogP contribution in [0.5, 0.6) is 0 Å². The van der Waals surface area contributed by atoms with Crippen molar-refractivity contribution >= 4 is 34.7 Å². The van der Waals surface area contributed by atoms with Crippen LogP contribution in [0.2, 0.25) is 4.34 Å². The zero-order valence-electron chi connectivity index (χ0n) is 11.5. The highest BCUT2D eigenvalue weighted by molar-refractivity contribution is 7.98. The molecule has 1 heterocycles. The minimum absolute atomic E-state index is 0.0978. The monoisotopic (exact) mass is 306 g/mol.